The SMILES string of the molecule is Cn1c(CN2CCC(c3nnc(-c4ccccc4)o3)CC2)c(Br)c(=O)n1-c1ccccc1. The van der Waals surface area contributed by atoms with Gasteiger partial charge < -0.3 is 4.42 Å². The number of aromatic nitrogens is 4. The highest BCUT2D eigenvalue weighted by Gasteiger charge is 2.27. The van der Waals surface area contributed by atoms with Crippen LogP contribution in [0.4, 0.5) is 0 Å². The maximum Gasteiger partial charge on any atom is 0.286 e. The summed E-state index contributed by atoms with van der Waals surface area (Å²) in [6.45, 7) is 2.52. The Morgan fingerprint density at radius 1 is 1.00 bits per heavy atom. The molecule has 1 saturated heterocycles. The molecule has 0 N–H and O–H groups in total. The molecule has 2 aromatic carbocycles. The molecule has 1 aliphatic heterocycles. The van der Waals surface area contributed by atoms with E-state index >= 15 is 0 Å². The maximum absolute atomic E-state index is 12.9. The van der Waals surface area contributed by atoms with Gasteiger partial charge in [0.25, 0.3) is 5.56 Å². The zero-order chi connectivity index (χ0) is 22.1. The molecule has 0 spiro atoms. The molecule has 1 fully saturated rings. The molecule has 0 unspecified atom stereocenters. The first kappa shape index (κ1) is 20.9. The average molecular weight is 494 g/mol. The minimum atomic E-state index is -0.0390. The molecule has 7 nitrogen and oxygen atoms in total. The van der Waals surface area contributed by atoms with Crippen LogP contribution in [0, 0.1) is 0 Å². The lowest BCUT2D eigenvalue weighted by atomic mass is 9.97. The molecule has 0 saturated carbocycles. The number of nitrogens with zero attached hydrogens (tertiary/aromatic N) is 5. The van der Waals surface area contributed by atoms with Crippen LogP contribution in [0.5, 0.6) is 0 Å². The number of piperidine rings is 1. The van der Waals surface area contributed by atoms with Gasteiger partial charge in [0.15, 0.2) is 0 Å². The van der Waals surface area contributed by atoms with Crippen molar-refractivity contribution in [1.82, 2.24) is 24.5 Å². The fraction of sp³-hybridized carbons (Fsp3) is 0.292. The Hall–Kier alpha value is -2.97. The van der Waals surface area contributed by atoms with E-state index in [0.717, 1.165) is 42.9 Å². The van der Waals surface area contributed by atoms with E-state index in [1.165, 1.54) is 0 Å². The predicted molar refractivity (Wildman–Crippen MR) is 126 cm³/mol. The normalized spacial score (nSPS) is 15.3. The summed E-state index contributed by atoms with van der Waals surface area (Å²) in [7, 11) is 1.94. The molecule has 0 radical (unpaired) electrons. The van der Waals surface area contributed by atoms with E-state index in [-0.39, 0.29) is 11.5 Å². The Morgan fingerprint density at radius 2 is 1.66 bits per heavy atom. The van der Waals surface area contributed by atoms with E-state index in [2.05, 4.69) is 31.0 Å². The minimum absolute atomic E-state index is 0.0390. The van der Waals surface area contributed by atoms with E-state index in [0.29, 0.717) is 22.8 Å². The summed E-state index contributed by atoms with van der Waals surface area (Å²) in [5, 5.41) is 8.55. The van der Waals surface area contributed by atoms with E-state index in [1.54, 1.807) is 4.68 Å². The molecule has 0 amide bonds. The molecule has 0 atom stereocenters. The van der Waals surface area contributed by atoms with Gasteiger partial charge in [-0.1, -0.05) is 36.4 Å². The van der Waals surface area contributed by atoms with Gasteiger partial charge in [0.1, 0.15) is 4.47 Å². The van der Waals surface area contributed by atoms with Gasteiger partial charge in [-0.25, -0.2) is 4.68 Å². The third-order valence-electron chi connectivity index (χ3n) is 6.10. The molecule has 2 aromatic heterocycles. The summed E-state index contributed by atoms with van der Waals surface area (Å²) in [5.74, 6) is 1.55. The van der Waals surface area contributed by atoms with Gasteiger partial charge in [-0.3, -0.25) is 14.4 Å². The van der Waals surface area contributed by atoms with Crippen molar-refractivity contribution in [2.45, 2.75) is 25.3 Å². The lowest BCUT2D eigenvalue weighted by Crippen LogP contribution is -2.33. The number of halogens is 1. The number of hydrogen-bond acceptors (Lipinski definition) is 5. The van der Waals surface area contributed by atoms with Gasteiger partial charge in [-0.05, 0) is 66.1 Å². The monoisotopic (exact) mass is 493 g/mol. The Balaban J connectivity index is 1.27. The first-order chi connectivity index (χ1) is 15.6. The molecule has 4 aromatic rings. The number of benzene rings is 2. The molecule has 1 aliphatic rings. The van der Waals surface area contributed by atoms with Gasteiger partial charge in [-0.15, -0.1) is 10.2 Å². The van der Waals surface area contributed by atoms with Crippen molar-refractivity contribution in [3.05, 3.63) is 87.1 Å². The van der Waals surface area contributed by atoms with Crippen LogP contribution in [0.15, 0.2) is 74.3 Å². The van der Waals surface area contributed by atoms with Gasteiger partial charge in [0, 0.05) is 25.1 Å². The third-order valence-corrected chi connectivity index (χ3v) is 6.89. The molecule has 164 valence electrons. The molecule has 3 heterocycles. The molecule has 5 rings (SSSR count). The molecular formula is C24H24BrN5O2. The van der Waals surface area contributed by atoms with Gasteiger partial charge in [-0.2, -0.15) is 0 Å². The van der Waals surface area contributed by atoms with Gasteiger partial charge in [0.05, 0.1) is 11.4 Å². The second-order valence-electron chi connectivity index (χ2n) is 8.10. The van der Waals surface area contributed by atoms with E-state index in [4.69, 9.17) is 4.42 Å². The minimum Gasteiger partial charge on any atom is -0.420 e. The van der Waals surface area contributed by atoms with Crippen molar-refractivity contribution in [2.24, 2.45) is 7.05 Å². The van der Waals surface area contributed by atoms with Crippen molar-refractivity contribution in [1.29, 1.82) is 0 Å². The highest BCUT2D eigenvalue weighted by Crippen LogP contribution is 2.30. The number of hydrogen-bond donors (Lipinski definition) is 0. The van der Waals surface area contributed by atoms with Crippen molar-refractivity contribution < 1.29 is 4.42 Å². The van der Waals surface area contributed by atoms with Crippen LogP contribution in [0.25, 0.3) is 17.1 Å². The van der Waals surface area contributed by atoms with Crippen LogP contribution in [-0.4, -0.2) is 37.6 Å². The van der Waals surface area contributed by atoms with Crippen LogP contribution < -0.4 is 5.56 Å². The third kappa shape index (κ3) is 3.96. The first-order valence-corrected chi connectivity index (χ1v) is 11.5. The second kappa shape index (κ2) is 8.88. The highest BCUT2D eigenvalue weighted by molar-refractivity contribution is 9.10. The molecular weight excluding hydrogens is 470 g/mol. The smallest absolute Gasteiger partial charge is 0.286 e. The molecule has 8 heteroatoms. The molecule has 0 aliphatic carbocycles. The highest BCUT2D eigenvalue weighted by atomic mass is 79.9. The average Bonchev–Trinajstić information content (AvgIpc) is 3.41. The van der Waals surface area contributed by atoms with Crippen molar-refractivity contribution in [2.75, 3.05) is 13.1 Å². The summed E-state index contributed by atoms with van der Waals surface area (Å²) in [6, 6.07) is 19.6. The predicted octanol–water partition coefficient (Wildman–Crippen LogP) is 4.37. The summed E-state index contributed by atoms with van der Waals surface area (Å²) < 4.78 is 10.2. The topological polar surface area (TPSA) is 69.1 Å². The van der Waals surface area contributed by atoms with E-state index in [1.807, 2.05) is 72.4 Å². The van der Waals surface area contributed by atoms with Gasteiger partial charge >= 0.3 is 0 Å². The zero-order valence-electron chi connectivity index (χ0n) is 17.8. The van der Waals surface area contributed by atoms with E-state index < -0.39 is 0 Å². The quantitative estimate of drug-likeness (QED) is 0.412. The lowest BCUT2D eigenvalue weighted by Gasteiger charge is -2.30. The van der Waals surface area contributed by atoms with Crippen LogP contribution in [0.1, 0.15) is 30.3 Å². The van der Waals surface area contributed by atoms with Crippen LogP contribution in [0.2, 0.25) is 0 Å². The standard InChI is InChI=1S/C24H24BrN5O2/c1-28-20(21(25)24(31)30(28)19-10-6-3-7-11-19)16-29-14-12-18(13-15-29)23-27-26-22(32-23)17-8-4-2-5-9-17/h2-11,18H,12-16H2,1H3. The number of likely N-dealkylation sites (tertiary alicyclic amines) is 1. The summed E-state index contributed by atoms with van der Waals surface area (Å²) in [5.41, 5.74) is 2.73. The number of rotatable bonds is 5. The van der Waals surface area contributed by atoms with Crippen LogP contribution in [0.3, 0.4) is 0 Å². The molecule has 0 bridgehead atoms. The Labute approximate surface area is 194 Å². The fourth-order valence-corrected chi connectivity index (χ4v) is 4.84. The fourth-order valence-electron chi connectivity index (χ4n) is 4.29. The van der Waals surface area contributed by atoms with Gasteiger partial charge in [0.2, 0.25) is 11.8 Å². The second-order valence-corrected chi connectivity index (χ2v) is 8.89. The van der Waals surface area contributed by atoms with Crippen LogP contribution >= 0.6 is 15.9 Å². The van der Waals surface area contributed by atoms with Crippen molar-refractivity contribution in [3.8, 4) is 17.1 Å². The molecule has 32 heavy (non-hydrogen) atoms. The maximum atomic E-state index is 12.9. The summed E-state index contributed by atoms with van der Waals surface area (Å²) >= 11 is 3.54. The lowest BCUT2D eigenvalue weighted by molar-refractivity contribution is 0.188. The summed E-state index contributed by atoms with van der Waals surface area (Å²) in [6.07, 6.45) is 1.89. The summed E-state index contributed by atoms with van der Waals surface area (Å²) in [4.78, 5) is 15.2. The van der Waals surface area contributed by atoms with Crippen molar-refractivity contribution in [3.63, 3.8) is 0 Å². The first-order valence-electron chi connectivity index (χ1n) is 10.7. The largest absolute Gasteiger partial charge is 0.420 e. The Bertz CT molecular complexity index is 1250. The Morgan fingerprint density at radius 3 is 2.34 bits per heavy atom. The zero-order valence-corrected chi connectivity index (χ0v) is 19.4. The Kier molecular flexibility index (Phi) is 5.80. The van der Waals surface area contributed by atoms with E-state index in [9.17, 15) is 4.79 Å². The van der Waals surface area contributed by atoms with Crippen LogP contribution in [-0.2, 0) is 13.6 Å². The number of para-hydroxylation sites is 1. The van der Waals surface area contributed by atoms with Crippen molar-refractivity contribution >= 4 is 15.9 Å².